The molecule has 1 aliphatic rings. The quantitative estimate of drug-likeness (QED) is 0.756. The van der Waals surface area contributed by atoms with E-state index >= 15 is 0 Å². The van der Waals surface area contributed by atoms with Crippen LogP contribution in [0.15, 0.2) is 12.4 Å². The van der Waals surface area contributed by atoms with Crippen LogP contribution in [0.5, 0.6) is 0 Å². The number of rotatable bonds is 3. The van der Waals surface area contributed by atoms with Gasteiger partial charge in [-0.1, -0.05) is 20.8 Å². The van der Waals surface area contributed by atoms with Gasteiger partial charge in [-0.2, -0.15) is 5.10 Å². The molecule has 0 N–H and O–H groups in total. The Kier molecular flexibility index (Phi) is 4.45. The van der Waals surface area contributed by atoms with E-state index in [2.05, 4.69) is 56.8 Å². The van der Waals surface area contributed by atoms with E-state index in [1.807, 2.05) is 6.20 Å². The molecule has 0 bridgehead atoms. The van der Waals surface area contributed by atoms with Crippen LogP contribution in [-0.2, 0) is 4.43 Å². The molecule has 2 rings (SSSR count). The van der Waals surface area contributed by atoms with Crippen LogP contribution in [0.1, 0.15) is 58.1 Å². The van der Waals surface area contributed by atoms with Gasteiger partial charge in [0.05, 0.1) is 12.2 Å². The van der Waals surface area contributed by atoms with Gasteiger partial charge in [0.15, 0.2) is 8.32 Å². The van der Waals surface area contributed by atoms with Crippen molar-refractivity contribution in [2.24, 2.45) is 0 Å². The first-order chi connectivity index (χ1) is 9.19. The summed E-state index contributed by atoms with van der Waals surface area (Å²) in [6.45, 7) is 13.8. The van der Waals surface area contributed by atoms with Gasteiger partial charge >= 0.3 is 0 Å². The van der Waals surface area contributed by atoms with E-state index in [1.54, 1.807) is 0 Å². The topological polar surface area (TPSA) is 27.1 Å². The molecular weight excluding hydrogens is 264 g/mol. The van der Waals surface area contributed by atoms with Crippen molar-refractivity contribution in [1.29, 1.82) is 0 Å². The first kappa shape index (κ1) is 15.8. The van der Waals surface area contributed by atoms with Gasteiger partial charge in [0.2, 0.25) is 0 Å². The SMILES string of the molecule is Cc1cnn(C2CCC(O[Si](C)(C)C(C)(C)C)CC2)c1. The standard InChI is InChI=1S/C16H30N2OSi/c1-13-11-17-18(12-13)14-7-9-15(10-8-14)19-20(5,6)16(2,3)4/h11-12,14-15H,7-10H2,1-6H3. The molecule has 20 heavy (non-hydrogen) atoms. The fraction of sp³-hybridized carbons (Fsp3) is 0.812. The summed E-state index contributed by atoms with van der Waals surface area (Å²) in [5, 5.41) is 4.77. The Balaban J connectivity index is 1.89. The molecule has 0 radical (unpaired) electrons. The van der Waals surface area contributed by atoms with Gasteiger partial charge < -0.3 is 4.43 Å². The van der Waals surface area contributed by atoms with Gasteiger partial charge in [-0.25, -0.2) is 0 Å². The van der Waals surface area contributed by atoms with Gasteiger partial charge in [-0.3, -0.25) is 4.68 Å². The molecule has 4 heteroatoms. The lowest BCUT2D eigenvalue weighted by atomic mass is 9.93. The van der Waals surface area contributed by atoms with E-state index < -0.39 is 8.32 Å². The fourth-order valence-electron chi connectivity index (χ4n) is 2.65. The Bertz CT molecular complexity index is 440. The Labute approximate surface area is 124 Å². The van der Waals surface area contributed by atoms with E-state index in [-0.39, 0.29) is 0 Å². The Morgan fingerprint density at radius 1 is 1.20 bits per heavy atom. The Hall–Kier alpha value is -0.613. The molecule has 1 saturated carbocycles. The van der Waals surface area contributed by atoms with Gasteiger partial charge in [0.25, 0.3) is 0 Å². The highest BCUT2D eigenvalue weighted by atomic mass is 28.4. The van der Waals surface area contributed by atoms with Crippen molar-refractivity contribution < 1.29 is 4.43 Å². The third-order valence-electron chi connectivity index (χ3n) is 5.02. The zero-order chi connectivity index (χ0) is 15.0. The molecule has 1 aromatic rings. The zero-order valence-corrected chi connectivity index (χ0v) is 14.9. The Morgan fingerprint density at radius 3 is 2.25 bits per heavy atom. The maximum Gasteiger partial charge on any atom is 0.192 e. The second kappa shape index (κ2) is 5.64. The van der Waals surface area contributed by atoms with E-state index in [1.165, 1.54) is 31.2 Å². The molecule has 0 atom stereocenters. The normalized spacial score (nSPS) is 24.9. The summed E-state index contributed by atoms with van der Waals surface area (Å²) < 4.78 is 8.69. The molecule has 1 aliphatic carbocycles. The molecule has 0 aliphatic heterocycles. The predicted octanol–water partition coefficient (Wildman–Crippen LogP) is 4.70. The summed E-state index contributed by atoms with van der Waals surface area (Å²) in [5.74, 6) is 0. The molecule has 0 aromatic carbocycles. The molecule has 1 aromatic heterocycles. The van der Waals surface area contributed by atoms with Crippen molar-refractivity contribution in [3.63, 3.8) is 0 Å². The number of hydrogen-bond acceptors (Lipinski definition) is 2. The minimum absolute atomic E-state index is 0.308. The summed E-state index contributed by atoms with van der Waals surface area (Å²) in [6, 6.07) is 0.572. The fourth-order valence-corrected chi connectivity index (χ4v) is 4.08. The number of hydrogen-bond donors (Lipinski definition) is 0. The third-order valence-corrected chi connectivity index (χ3v) is 9.55. The maximum atomic E-state index is 6.54. The van der Waals surface area contributed by atoms with E-state index in [0.29, 0.717) is 17.2 Å². The molecule has 114 valence electrons. The molecule has 3 nitrogen and oxygen atoms in total. The van der Waals surface area contributed by atoms with Crippen LogP contribution >= 0.6 is 0 Å². The van der Waals surface area contributed by atoms with Gasteiger partial charge in [0.1, 0.15) is 0 Å². The first-order valence-corrected chi connectivity index (χ1v) is 10.8. The molecule has 0 spiro atoms. The van der Waals surface area contributed by atoms with E-state index in [0.717, 1.165) is 0 Å². The van der Waals surface area contributed by atoms with E-state index in [4.69, 9.17) is 4.43 Å². The van der Waals surface area contributed by atoms with Crippen molar-refractivity contribution in [2.45, 2.75) is 83.7 Å². The summed E-state index contributed by atoms with van der Waals surface area (Å²) in [6.07, 6.45) is 9.33. The molecule has 0 unspecified atom stereocenters. The second-order valence-corrected chi connectivity index (χ2v) is 12.6. The lowest BCUT2D eigenvalue weighted by molar-refractivity contribution is 0.115. The monoisotopic (exact) mass is 294 g/mol. The maximum absolute atomic E-state index is 6.54. The molecule has 1 fully saturated rings. The minimum Gasteiger partial charge on any atom is -0.414 e. The highest BCUT2D eigenvalue weighted by Crippen LogP contribution is 2.40. The molecule has 1 heterocycles. The zero-order valence-electron chi connectivity index (χ0n) is 13.9. The van der Waals surface area contributed by atoms with Gasteiger partial charge in [0, 0.05) is 12.3 Å². The molecule has 0 amide bonds. The molecular formula is C16H30N2OSi. The van der Waals surface area contributed by atoms with Crippen molar-refractivity contribution >= 4 is 8.32 Å². The average Bonchev–Trinajstić information content (AvgIpc) is 2.75. The highest BCUT2D eigenvalue weighted by Gasteiger charge is 2.39. The van der Waals surface area contributed by atoms with Crippen molar-refractivity contribution in [2.75, 3.05) is 0 Å². The predicted molar refractivity (Wildman–Crippen MR) is 86.5 cm³/mol. The van der Waals surface area contributed by atoms with E-state index in [9.17, 15) is 0 Å². The summed E-state index contributed by atoms with van der Waals surface area (Å²) in [5.41, 5.74) is 1.25. The van der Waals surface area contributed by atoms with Crippen LogP contribution < -0.4 is 0 Å². The van der Waals surface area contributed by atoms with Crippen LogP contribution in [0.3, 0.4) is 0 Å². The van der Waals surface area contributed by atoms with Gasteiger partial charge in [-0.15, -0.1) is 0 Å². The number of nitrogens with zero attached hydrogens (tertiary/aromatic N) is 2. The smallest absolute Gasteiger partial charge is 0.192 e. The lowest BCUT2D eigenvalue weighted by Crippen LogP contribution is -2.44. The van der Waals surface area contributed by atoms with Crippen LogP contribution in [-0.4, -0.2) is 24.2 Å². The van der Waals surface area contributed by atoms with Crippen LogP contribution in [0.4, 0.5) is 0 Å². The minimum atomic E-state index is -1.61. The largest absolute Gasteiger partial charge is 0.414 e. The third kappa shape index (κ3) is 3.53. The summed E-state index contributed by atoms with van der Waals surface area (Å²) >= 11 is 0. The van der Waals surface area contributed by atoms with Crippen molar-refractivity contribution in [1.82, 2.24) is 9.78 Å². The first-order valence-electron chi connectivity index (χ1n) is 7.87. The number of aromatic nitrogens is 2. The number of aryl methyl sites for hydroxylation is 1. The van der Waals surface area contributed by atoms with Crippen LogP contribution in [0.25, 0.3) is 0 Å². The Morgan fingerprint density at radius 2 is 1.80 bits per heavy atom. The van der Waals surface area contributed by atoms with Crippen LogP contribution in [0, 0.1) is 6.92 Å². The van der Waals surface area contributed by atoms with Crippen molar-refractivity contribution in [3.8, 4) is 0 Å². The second-order valence-electron chi connectivity index (χ2n) is 7.81. The summed E-state index contributed by atoms with van der Waals surface area (Å²) in [7, 11) is -1.61. The van der Waals surface area contributed by atoms with Gasteiger partial charge in [-0.05, 0) is 56.3 Å². The van der Waals surface area contributed by atoms with Crippen molar-refractivity contribution in [3.05, 3.63) is 18.0 Å². The lowest BCUT2D eigenvalue weighted by Gasteiger charge is -2.41. The summed E-state index contributed by atoms with van der Waals surface area (Å²) in [4.78, 5) is 0. The molecule has 0 saturated heterocycles. The highest BCUT2D eigenvalue weighted by molar-refractivity contribution is 6.74. The van der Waals surface area contributed by atoms with Crippen LogP contribution in [0.2, 0.25) is 18.1 Å². The average molecular weight is 295 g/mol.